The minimum Gasteiger partial charge on any atom is -0.394 e. The van der Waals surface area contributed by atoms with Gasteiger partial charge in [0.2, 0.25) is 0 Å². The van der Waals surface area contributed by atoms with Crippen molar-refractivity contribution in [3.63, 3.8) is 0 Å². The number of hydrogen-bond acceptors (Lipinski definition) is 8. The molecule has 0 aromatic carbocycles. The molecule has 124 valence electrons. The average molecular weight is 300 g/mol. The van der Waals surface area contributed by atoms with Gasteiger partial charge in [-0.25, -0.2) is 0 Å². The topological polar surface area (TPSA) is 118 Å². The lowest BCUT2D eigenvalue weighted by Gasteiger charge is -2.06. The molecule has 8 heteroatoms. The molecule has 0 atom stereocenters. The molecule has 0 heterocycles. The molecule has 0 aromatic heterocycles. The molecule has 0 fully saturated rings. The maximum absolute atomic E-state index is 8.41. The van der Waals surface area contributed by atoms with E-state index < -0.39 is 0 Å². The Morgan fingerprint density at radius 2 is 0.600 bits per heavy atom. The van der Waals surface area contributed by atoms with Crippen LogP contribution in [0.1, 0.15) is 0 Å². The van der Waals surface area contributed by atoms with E-state index in [9.17, 15) is 0 Å². The summed E-state index contributed by atoms with van der Waals surface area (Å²) in [6, 6.07) is 0. The van der Waals surface area contributed by atoms with Crippen LogP contribution in [-0.4, -0.2) is 99.7 Å². The Balaban J connectivity index is 0. The predicted molar refractivity (Wildman–Crippen MR) is 71.6 cm³/mol. The normalized spacial score (nSPS) is 10.2. The first kappa shape index (κ1) is 22.0. The third-order valence-electron chi connectivity index (χ3n) is 1.69. The van der Waals surface area contributed by atoms with Crippen LogP contribution in [0.15, 0.2) is 0 Å². The van der Waals surface area contributed by atoms with Gasteiger partial charge >= 0.3 is 0 Å². The van der Waals surface area contributed by atoms with E-state index in [2.05, 4.69) is 0 Å². The van der Waals surface area contributed by atoms with E-state index >= 15 is 0 Å². The van der Waals surface area contributed by atoms with Gasteiger partial charge in [0, 0.05) is 0 Å². The molecule has 4 N–H and O–H groups in total. The molecule has 0 spiro atoms. The molecule has 0 aliphatic rings. The van der Waals surface area contributed by atoms with Gasteiger partial charge in [0.1, 0.15) is 0 Å². The molecule has 0 aliphatic carbocycles. The molecule has 20 heavy (non-hydrogen) atoms. The SMILES string of the molecule is OCCO.OCCOCCOCCOCCOCCO. The summed E-state index contributed by atoms with van der Waals surface area (Å²) in [6.07, 6.45) is 0. The van der Waals surface area contributed by atoms with Crippen LogP contribution in [0.2, 0.25) is 0 Å². The molecule has 0 bridgehead atoms. The first-order chi connectivity index (χ1) is 9.83. The first-order valence-electron chi connectivity index (χ1n) is 6.57. The van der Waals surface area contributed by atoms with Crippen molar-refractivity contribution >= 4 is 0 Å². The Bertz CT molecular complexity index is 131. The second-order valence-corrected chi connectivity index (χ2v) is 3.34. The zero-order valence-electron chi connectivity index (χ0n) is 11.9. The van der Waals surface area contributed by atoms with Crippen LogP contribution >= 0.6 is 0 Å². The molecule has 0 saturated carbocycles. The lowest BCUT2D eigenvalue weighted by atomic mass is 10.7. The maximum atomic E-state index is 8.41. The van der Waals surface area contributed by atoms with E-state index in [1.807, 2.05) is 0 Å². The summed E-state index contributed by atoms with van der Waals surface area (Å²) in [5.41, 5.74) is 0. The van der Waals surface area contributed by atoms with Crippen LogP contribution in [0, 0.1) is 0 Å². The van der Waals surface area contributed by atoms with E-state index in [4.69, 9.17) is 39.4 Å². The van der Waals surface area contributed by atoms with Gasteiger partial charge in [-0.1, -0.05) is 0 Å². The van der Waals surface area contributed by atoms with E-state index in [0.29, 0.717) is 52.9 Å². The Hall–Kier alpha value is -0.320. The number of hydrogen-bond donors (Lipinski definition) is 4. The van der Waals surface area contributed by atoms with Crippen LogP contribution < -0.4 is 0 Å². The van der Waals surface area contributed by atoms with Gasteiger partial charge in [-0.2, -0.15) is 0 Å². The Morgan fingerprint density at radius 1 is 0.350 bits per heavy atom. The highest BCUT2D eigenvalue weighted by molar-refractivity contribution is 4.34. The lowest BCUT2D eigenvalue weighted by Crippen LogP contribution is -2.13. The second kappa shape index (κ2) is 23.7. The predicted octanol–water partition coefficient (Wildman–Crippen LogP) is -1.99. The summed E-state index contributed by atoms with van der Waals surface area (Å²) in [5.74, 6) is 0. The van der Waals surface area contributed by atoms with Crippen molar-refractivity contribution in [2.45, 2.75) is 0 Å². The third kappa shape index (κ3) is 26.3. The van der Waals surface area contributed by atoms with Crippen molar-refractivity contribution in [1.29, 1.82) is 0 Å². The minimum absolute atomic E-state index is 0.0386. The molecular formula is C12H28O8. The second-order valence-electron chi connectivity index (χ2n) is 3.34. The molecule has 0 saturated heterocycles. The van der Waals surface area contributed by atoms with Gasteiger partial charge in [0.15, 0.2) is 0 Å². The van der Waals surface area contributed by atoms with Crippen LogP contribution in [0.25, 0.3) is 0 Å². The first-order valence-corrected chi connectivity index (χ1v) is 6.57. The van der Waals surface area contributed by atoms with E-state index in [0.717, 1.165) is 0 Å². The molecule has 0 unspecified atom stereocenters. The van der Waals surface area contributed by atoms with Crippen LogP contribution in [0.4, 0.5) is 0 Å². The zero-order valence-corrected chi connectivity index (χ0v) is 11.9. The number of aliphatic hydroxyl groups is 4. The zero-order chi connectivity index (χ0) is 15.3. The van der Waals surface area contributed by atoms with E-state index in [1.165, 1.54) is 0 Å². The molecule has 0 aromatic rings. The Kier molecular flexibility index (Phi) is 26.1. The Labute approximate surface area is 119 Å². The summed E-state index contributed by atoms with van der Waals surface area (Å²) in [6.45, 7) is 3.54. The van der Waals surface area contributed by atoms with Gasteiger partial charge in [-0.15, -0.1) is 0 Å². The van der Waals surface area contributed by atoms with Crippen LogP contribution in [-0.2, 0) is 18.9 Å². The quantitative estimate of drug-likeness (QED) is 0.272. The van der Waals surface area contributed by atoms with Gasteiger partial charge < -0.3 is 39.4 Å². The standard InChI is InChI=1S/C10H22O6.C2H6O2/c11-1-3-13-5-7-15-9-10-16-8-6-14-4-2-12;3-1-2-4/h11-12H,1-10H2;3-4H,1-2H2. The molecule has 0 amide bonds. The number of ether oxygens (including phenoxy) is 4. The van der Waals surface area contributed by atoms with Crippen molar-refractivity contribution in [2.24, 2.45) is 0 Å². The van der Waals surface area contributed by atoms with Gasteiger partial charge in [-0.05, 0) is 0 Å². The molecule has 8 nitrogen and oxygen atoms in total. The molecule has 0 rings (SSSR count). The van der Waals surface area contributed by atoms with E-state index in [-0.39, 0.29) is 26.4 Å². The molecular weight excluding hydrogens is 272 g/mol. The summed E-state index contributed by atoms with van der Waals surface area (Å²) < 4.78 is 20.4. The number of aliphatic hydroxyl groups excluding tert-OH is 4. The minimum atomic E-state index is -0.125. The van der Waals surface area contributed by atoms with Gasteiger partial charge in [-0.3, -0.25) is 0 Å². The fraction of sp³-hybridized carbons (Fsp3) is 1.00. The van der Waals surface area contributed by atoms with Gasteiger partial charge in [0.05, 0.1) is 79.3 Å². The highest BCUT2D eigenvalue weighted by atomic mass is 16.6. The van der Waals surface area contributed by atoms with Crippen LogP contribution in [0.5, 0.6) is 0 Å². The monoisotopic (exact) mass is 300 g/mol. The highest BCUT2D eigenvalue weighted by Gasteiger charge is 1.91. The van der Waals surface area contributed by atoms with Crippen molar-refractivity contribution in [3.8, 4) is 0 Å². The summed E-state index contributed by atoms with van der Waals surface area (Å²) in [4.78, 5) is 0. The van der Waals surface area contributed by atoms with Crippen molar-refractivity contribution in [2.75, 3.05) is 79.3 Å². The fourth-order valence-electron chi connectivity index (χ4n) is 0.891. The molecule has 0 radical (unpaired) electrons. The highest BCUT2D eigenvalue weighted by Crippen LogP contribution is 1.82. The number of rotatable bonds is 14. The van der Waals surface area contributed by atoms with E-state index in [1.54, 1.807) is 0 Å². The summed E-state index contributed by atoms with van der Waals surface area (Å²) in [5, 5.41) is 32.1. The van der Waals surface area contributed by atoms with Crippen molar-refractivity contribution < 1.29 is 39.4 Å². The largest absolute Gasteiger partial charge is 0.394 e. The molecule has 0 aliphatic heterocycles. The van der Waals surface area contributed by atoms with Crippen LogP contribution in [0.3, 0.4) is 0 Å². The summed E-state index contributed by atoms with van der Waals surface area (Å²) in [7, 11) is 0. The average Bonchev–Trinajstić information content (AvgIpc) is 2.49. The fourth-order valence-corrected chi connectivity index (χ4v) is 0.891. The lowest BCUT2D eigenvalue weighted by molar-refractivity contribution is -0.00856. The van der Waals surface area contributed by atoms with Crippen molar-refractivity contribution in [1.82, 2.24) is 0 Å². The third-order valence-corrected chi connectivity index (χ3v) is 1.69. The Morgan fingerprint density at radius 3 is 0.800 bits per heavy atom. The smallest absolute Gasteiger partial charge is 0.0701 e. The summed E-state index contributed by atoms with van der Waals surface area (Å²) >= 11 is 0. The maximum Gasteiger partial charge on any atom is 0.0701 e. The van der Waals surface area contributed by atoms with Gasteiger partial charge in [0.25, 0.3) is 0 Å². The van der Waals surface area contributed by atoms with Crippen molar-refractivity contribution in [3.05, 3.63) is 0 Å².